The molecule has 4 rings (SSSR count). The van der Waals surface area contributed by atoms with Crippen LogP contribution in [-0.2, 0) is 11.2 Å². The number of carbonyl (C=O) groups excluding carboxylic acids is 2. The van der Waals surface area contributed by atoms with Crippen molar-refractivity contribution in [3.8, 4) is 23.4 Å². The summed E-state index contributed by atoms with van der Waals surface area (Å²) in [6.45, 7) is 1.10. The largest absolute Gasteiger partial charge is 0.355 e. The number of likely N-dealkylation sites (tertiary alicyclic amines) is 1. The number of benzene rings is 2. The second kappa shape index (κ2) is 7.88. The number of hydrogen-bond donors (Lipinski definition) is 1. The molecule has 7 nitrogen and oxygen atoms in total. The minimum atomic E-state index is -0.449. The number of fused-ring (bicyclic) bond motifs is 1. The predicted octanol–water partition coefficient (Wildman–Crippen LogP) is 2.42. The molecule has 0 radical (unpaired) electrons. The fraction of sp³-hybridized carbons (Fsp3) is 0.304. The Labute approximate surface area is 175 Å². The Morgan fingerprint density at radius 3 is 2.73 bits per heavy atom. The van der Waals surface area contributed by atoms with Gasteiger partial charge in [0.1, 0.15) is 6.04 Å². The molecule has 7 heteroatoms. The number of amides is 2. The van der Waals surface area contributed by atoms with E-state index in [0.29, 0.717) is 42.7 Å². The number of rotatable bonds is 3. The van der Waals surface area contributed by atoms with Crippen LogP contribution in [0, 0.1) is 22.8 Å². The van der Waals surface area contributed by atoms with E-state index in [2.05, 4.69) is 17.6 Å². The van der Waals surface area contributed by atoms with Crippen LogP contribution in [0.1, 0.15) is 34.3 Å². The Morgan fingerprint density at radius 1 is 1.17 bits per heavy atom. The van der Waals surface area contributed by atoms with Crippen molar-refractivity contribution in [2.75, 3.05) is 25.0 Å². The Kier molecular flexibility index (Phi) is 5.12. The van der Waals surface area contributed by atoms with E-state index in [1.54, 1.807) is 35.0 Å². The summed E-state index contributed by atoms with van der Waals surface area (Å²) < 4.78 is 0. The molecule has 150 valence electrons. The number of nitrogens with one attached hydrogen (secondary N) is 1. The van der Waals surface area contributed by atoms with Gasteiger partial charge < -0.3 is 10.2 Å². The Morgan fingerprint density at radius 2 is 2.00 bits per heavy atom. The first kappa shape index (κ1) is 19.5. The van der Waals surface area contributed by atoms with Crippen LogP contribution in [0.3, 0.4) is 0 Å². The van der Waals surface area contributed by atoms with Gasteiger partial charge in [0.15, 0.2) is 6.19 Å². The van der Waals surface area contributed by atoms with Gasteiger partial charge in [0.2, 0.25) is 5.91 Å². The number of carbonyl (C=O) groups is 2. The van der Waals surface area contributed by atoms with Crippen molar-refractivity contribution in [3.05, 3.63) is 53.1 Å². The molecule has 2 aliphatic heterocycles. The number of anilines is 1. The van der Waals surface area contributed by atoms with Crippen molar-refractivity contribution in [1.29, 1.82) is 10.5 Å². The van der Waals surface area contributed by atoms with Gasteiger partial charge in [-0.1, -0.05) is 12.1 Å². The summed E-state index contributed by atoms with van der Waals surface area (Å²) in [4.78, 5) is 29.0. The molecular formula is C23H21N5O2. The molecule has 0 spiro atoms. The Bertz CT molecular complexity index is 1110. The summed E-state index contributed by atoms with van der Waals surface area (Å²) >= 11 is 0. The minimum Gasteiger partial charge on any atom is -0.355 e. The Balaban J connectivity index is 1.82. The normalized spacial score (nSPS) is 17.2. The number of nitrogens with zero attached hydrogens (tertiary/aromatic N) is 4. The van der Waals surface area contributed by atoms with E-state index in [4.69, 9.17) is 0 Å². The van der Waals surface area contributed by atoms with Crippen LogP contribution in [0.15, 0.2) is 36.4 Å². The molecule has 0 aliphatic carbocycles. The number of nitriles is 2. The molecule has 2 aliphatic rings. The first-order valence-electron chi connectivity index (χ1n) is 9.94. The van der Waals surface area contributed by atoms with Gasteiger partial charge in [-0.25, -0.2) is 0 Å². The van der Waals surface area contributed by atoms with Gasteiger partial charge in [0, 0.05) is 31.4 Å². The van der Waals surface area contributed by atoms with E-state index in [1.807, 2.05) is 18.2 Å². The molecule has 2 aromatic carbocycles. The van der Waals surface area contributed by atoms with Crippen LogP contribution < -0.4 is 10.2 Å². The Hall–Kier alpha value is -3.84. The maximum atomic E-state index is 13.3. The zero-order valence-corrected chi connectivity index (χ0v) is 16.7. The van der Waals surface area contributed by atoms with Crippen molar-refractivity contribution in [3.63, 3.8) is 0 Å². The van der Waals surface area contributed by atoms with Crippen molar-refractivity contribution >= 4 is 17.5 Å². The highest BCUT2D eigenvalue weighted by Crippen LogP contribution is 2.39. The molecule has 1 fully saturated rings. The van der Waals surface area contributed by atoms with Crippen LogP contribution >= 0.6 is 0 Å². The maximum absolute atomic E-state index is 13.3. The standard InChI is InChI=1S/C23H21N5O2/c1-26-22(29)17-11-19(16-5-2-4-15(10-16)13-24)18-7-9-28(21(18)12-17)23(30)20-6-3-8-27(20)14-25/h2,4-5,10-12,20H,3,6-9H2,1H3,(H,26,29)/t20-/m0/s1. The van der Waals surface area contributed by atoms with E-state index in [9.17, 15) is 20.1 Å². The molecule has 30 heavy (non-hydrogen) atoms. The van der Waals surface area contributed by atoms with Crippen molar-refractivity contribution in [1.82, 2.24) is 10.2 Å². The minimum absolute atomic E-state index is 0.0985. The topological polar surface area (TPSA) is 100 Å². The molecule has 0 aromatic heterocycles. The van der Waals surface area contributed by atoms with E-state index in [1.165, 1.54) is 0 Å². The average Bonchev–Trinajstić information content (AvgIpc) is 3.44. The lowest BCUT2D eigenvalue weighted by Crippen LogP contribution is -2.43. The second-order valence-corrected chi connectivity index (χ2v) is 7.48. The molecule has 2 heterocycles. The summed E-state index contributed by atoms with van der Waals surface area (Å²) in [6.07, 6.45) is 4.25. The molecule has 2 aromatic rings. The van der Waals surface area contributed by atoms with Crippen LogP contribution in [0.4, 0.5) is 5.69 Å². The first-order valence-corrected chi connectivity index (χ1v) is 9.94. The quantitative estimate of drug-likeness (QED) is 0.799. The molecule has 1 N–H and O–H groups in total. The van der Waals surface area contributed by atoms with Crippen molar-refractivity contribution < 1.29 is 9.59 Å². The van der Waals surface area contributed by atoms with Crippen LogP contribution in [0.5, 0.6) is 0 Å². The van der Waals surface area contributed by atoms with E-state index >= 15 is 0 Å². The maximum Gasteiger partial charge on any atom is 0.251 e. The third kappa shape index (κ3) is 3.25. The van der Waals surface area contributed by atoms with Gasteiger partial charge in [-0.3, -0.25) is 14.5 Å². The first-order chi connectivity index (χ1) is 14.6. The van der Waals surface area contributed by atoms with E-state index in [0.717, 1.165) is 23.1 Å². The zero-order chi connectivity index (χ0) is 21.3. The summed E-state index contributed by atoms with van der Waals surface area (Å²) in [5.74, 6) is -0.340. The SMILES string of the molecule is CNC(=O)c1cc(-c2cccc(C#N)c2)c2c(c1)N(C(=O)[C@@H]1CCCN1C#N)CC2. The molecule has 1 atom stereocenters. The summed E-state index contributed by atoms with van der Waals surface area (Å²) in [5, 5.41) is 21.3. The van der Waals surface area contributed by atoms with Crippen LogP contribution in [0.2, 0.25) is 0 Å². The van der Waals surface area contributed by atoms with E-state index in [-0.39, 0.29) is 11.8 Å². The van der Waals surface area contributed by atoms with Gasteiger partial charge in [-0.05, 0) is 60.2 Å². The number of hydrogen-bond acceptors (Lipinski definition) is 5. The lowest BCUT2D eigenvalue weighted by atomic mass is 9.94. The van der Waals surface area contributed by atoms with Crippen molar-refractivity contribution in [2.45, 2.75) is 25.3 Å². The lowest BCUT2D eigenvalue weighted by Gasteiger charge is -2.25. The predicted molar refractivity (Wildman–Crippen MR) is 111 cm³/mol. The van der Waals surface area contributed by atoms with Gasteiger partial charge in [-0.2, -0.15) is 10.5 Å². The van der Waals surface area contributed by atoms with Crippen molar-refractivity contribution in [2.24, 2.45) is 0 Å². The van der Waals surface area contributed by atoms with Crippen LogP contribution in [-0.4, -0.2) is 42.9 Å². The third-order valence-electron chi connectivity index (χ3n) is 5.83. The highest BCUT2D eigenvalue weighted by Gasteiger charge is 2.37. The van der Waals surface area contributed by atoms with Gasteiger partial charge in [0.25, 0.3) is 5.91 Å². The monoisotopic (exact) mass is 399 g/mol. The zero-order valence-electron chi connectivity index (χ0n) is 16.7. The van der Waals surface area contributed by atoms with Gasteiger partial charge in [-0.15, -0.1) is 0 Å². The van der Waals surface area contributed by atoms with E-state index < -0.39 is 6.04 Å². The summed E-state index contributed by atoms with van der Waals surface area (Å²) in [7, 11) is 1.57. The molecule has 0 saturated carbocycles. The molecular weight excluding hydrogens is 378 g/mol. The molecule has 0 bridgehead atoms. The molecule has 2 amide bonds. The van der Waals surface area contributed by atoms with Gasteiger partial charge in [0.05, 0.1) is 11.6 Å². The summed E-state index contributed by atoms with van der Waals surface area (Å²) in [6, 6.07) is 12.5. The molecule has 0 unspecified atom stereocenters. The highest BCUT2D eigenvalue weighted by molar-refractivity contribution is 6.04. The summed E-state index contributed by atoms with van der Waals surface area (Å²) in [5.41, 5.74) is 4.37. The fourth-order valence-corrected chi connectivity index (χ4v) is 4.35. The highest BCUT2D eigenvalue weighted by atomic mass is 16.2. The second-order valence-electron chi connectivity index (χ2n) is 7.48. The third-order valence-corrected chi connectivity index (χ3v) is 5.83. The van der Waals surface area contributed by atoms with Gasteiger partial charge >= 0.3 is 0 Å². The fourth-order valence-electron chi connectivity index (χ4n) is 4.35. The smallest absolute Gasteiger partial charge is 0.251 e. The average molecular weight is 399 g/mol. The molecule has 1 saturated heterocycles. The van der Waals surface area contributed by atoms with Crippen LogP contribution in [0.25, 0.3) is 11.1 Å². The lowest BCUT2D eigenvalue weighted by molar-refractivity contribution is -0.121.